The van der Waals surface area contributed by atoms with Crippen LogP contribution in [0.25, 0.3) is 10.8 Å². The molecule has 0 spiro atoms. The number of nitrogens with one attached hydrogen (secondary N) is 1. The molecule has 0 unspecified atom stereocenters. The van der Waals surface area contributed by atoms with E-state index in [0.29, 0.717) is 17.3 Å². The summed E-state index contributed by atoms with van der Waals surface area (Å²) >= 11 is 0. The van der Waals surface area contributed by atoms with Gasteiger partial charge in [0.2, 0.25) is 0 Å². The Morgan fingerprint density at radius 1 is 1.10 bits per heavy atom. The third kappa shape index (κ3) is 5.08. The predicted molar refractivity (Wildman–Crippen MR) is 121 cm³/mol. The van der Waals surface area contributed by atoms with E-state index in [1.807, 2.05) is 36.7 Å². The average molecular weight is 406 g/mol. The van der Waals surface area contributed by atoms with Crippen molar-refractivity contribution < 1.29 is 4.74 Å². The van der Waals surface area contributed by atoms with E-state index in [1.54, 1.807) is 6.20 Å². The first-order chi connectivity index (χ1) is 14.6. The summed E-state index contributed by atoms with van der Waals surface area (Å²) in [5.41, 5.74) is 1.27. The maximum Gasteiger partial charge on any atom is 0.255 e. The molecule has 4 rings (SSSR count). The highest BCUT2D eigenvalue weighted by molar-refractivity contribution is 5.82. The first-order valence-electron chi connectivity index (χ1n) is 11.0. The van der Waals surface area contributed by atoms with E-state index >= 15 is 0 Å². The summed E-state index contributed by atoms with van der Waals surface area (Å²) in [5, 5.41) is 1.62. The van der Waals surface area contributed by atoms with Crippen molar-refractivity contribution >= 4 is 10.8 Å². The van der Waals surface area contributed by atoms with Crippen LogP contribution < -0.4 is 10.3 Å². The Hall–Kier alpha value is -2.66. The molecular weight excluding hydrogens is 374 g/mol. The van der Waals surface area contributed by atoms with Crippen LogP contribution in [0.15, 0.2) is 59.8 Å². The number of hydrogen-bond acceptors (Lipinski definition) is 4. The maximum atomic E-state index is 11.9. The molecule has 5 nitrogen and oxygen atoms in total. The number of aromatic amines is 1. The Labute approximate surface area is 178 Å². The molecule has 3 aromatic rings. The van der Waals surface area contributed by atoms with Crippen LogP contribution in [0.1, 0.15) is 45.1 Å². The number of pyridine rings is 2. The summed E-state index contributed by atoms with van der Waals surface area (Å²) in [6.07, 6.45) is 10.1. The van der Waals surface area contributed by atoms with Crippen molar-refractivity contribution in [3.8, 4) is 5.75 Å². The minimum absolute atomic E-state index is 0.0565. The van der Waals surface area contributed by atoms with Gasteiger partial charge < -0.3 is 9.72 Å². The van der Waals surface area contributed by atoms with Gasteiger partial charge >= 0.3 is 0 Å². The number of H-pyrrole nitrogens is 1. The van der Waals surface area contributed by atoms with Crippen LogP contribution in [-0.4, -0.2) is 33.6 Å². The molecule has 1 aliphatic carbocycles. The van der Waals surface area contributed by atoms with E-state index in [4.69, 9.17) is 4.74 Å². The highest BCUT2D eigenvalue weighted by Crippen LogP contribution is 2.29. The molecule has 2 aromatic heterocycles. The predicted octanol–water partition coefficient (Wildman–Crippen LogP) is 4.77. The van der Waals surface area contributed by atoms with Gasteiger partial charge in [-0.05, 0) is 78.9 Å². The number of benzene rings is 1. The first-order valence-corrected chi connectivity index (χ1v) is 11.0. The zero-order valence-electron chi connectivity index (χ0n) is 17.9. The van der Waals surface area contributed by atoms with E-state index in [1.165, 1.54) is 5.56 Å². The van der Waals surface area contributed by atoms with E-state index in [0.717, 1.165) is 49.9 Å². The molecule has 0 aliphatic heterocycles. The van der Waals surface area contributed by atoms with Crippen molar-refractivity contribution in [1.29, 1.82) is 0 Å². The van der Waals surface area contributed by atoms with Crippen molar-refractivity contribution in [2.75, 3.05) is 6.54 Å². The lowest BCUT2D eigenvalue weighted by Crippen LogP contribution is -2.41. The van der Waals surface area contributed by atoms with E-state index in [9.17, 15) is 4.79 Å². The molecule has 0 radical (unpaired) electrons. The van der Waals surface area contributed by atoms with Gasteiger partial charge in [-0.15, -0.1) is 0 Å². The van der Waals surface area contributed by atoms with Gasteiger partial charge in [0.25, 0.3) is 5.56 Å². The van der Waals surface area contributed by atoms with Crippen LogP contribution in [0, 0.1) is 5.92 Å². The SMILES string of the molecule is CC(C)CN(Cc1ccncc1)[C@H]1CC[C@H](Oc2ccc3c(=O)[nH]ccc3c2)CC1. The van der Waals surface area contributed by atoms with Gasteiger partial charge in [-0.2, -0.15) is 0 Å². The smallest absolute Gasteiger partial charge is 0.255 e. The second-order valence-corrected chi connectivity index (χ2v) is 8.78. The molecule has 1 aromatic carbocycles. The van der Waals surface area contributed by atoms with Gasteiger partial charge in [-0.3, -0.25) is 14.7 Å². The van der Waals surface area contributed by atoms with Gasteiger partial charge in [-0.1, -0.05) is 13.8 Å². The van der Waals surface area contributed by atoms with E-state index in [2.05, 4.69) is 40.8 Å². The van der Waals surface area contributed by atoms with Crippen LogP contribution in [0.2, 0.25) is 0 Å². The van der Waals surface area contributed by atoms with Crippen LogP contribution in [0.5, 0.6) is 5.75 Å². The molecule has 1 fully saturated rings. The Morgan fingerprint density at radius 3 is 2.60 bits per heavy atom. The number of ether oxygens (including phenoxy) is 1. The minimum Gasteiger partial charge on any atom is -0.490 e. The average Bonchev–Trinajstić information content (AvgIpc) is 2.74. The third-order valence-electron chi connectivity index (χ3n) is 5.94. The third-order valence-corrected chi connectivity index (χ3v) is 5.94. The molecule has 1 aliphatic rings. The molecule has 1 saturated carbocycles. The Balaban J connectivity index is 1.37. The fourth-order valence-corrected chi connectivity index (χ4v) is 4.50. The lowest BCUT2D eigenvalue weighted by atomic mass is 9.91. The largest absolute Gasteiger partial charge is 0.490 e. The Morgan fingerprint density at radius 2 is 1.87 bits per heavy atom. The van der Waals surface area contributed by atoms with Crippen molar-refractivity contribution in [1.82, 2.24) is 14.9 Å². The van der Waals surface area contributed by atoms with Crippen molar-refractivity contribution in [2.24, 2.45) is 5.92 Å². The quantitative estimate of drug-likeness (QED) is 0.615. The number of fused-ring (bicyclic) bond motifs is 1. The molecule has 0 amide bonds. The summed E-state index contributed by atoms with van der Waals surface area (Å²) < 4.78 is 6.29. The lowest BCUT2D eigenvalue weighted by molar-refractivity contribution is 0.0770. The van der Waals surface area contributed by atoms with Crippen molar-refractivity contribution in [2.45, 2.75) is 58.2 Å². The molecule has 0 saturated heterocycles. The zero-order chi connectivity index (χ0) is 20.9. The molecule has 0 atom stereocenters. The van der Waals surface area contributed by atoms with Gasteiger partial charge in [0.05, 0.1) is 6.10 Å². The Bertz CT molecular complexity index is 1010. The fraction of sp³-hybridized carbons (Fsp3) is 0.440. The Kier molecular flexibility index (Phi) is 6.48. The van der Waals surface area contributed by atoms with Crippen LogP contribution in [-0.2, 0) is 6.54 Å². The number of aromatic nitrogens is 2. The molecule has 2 heterocycles. The topological polar surface area (TPSA) is 58.2 Å². The van der Waals surface area contributed by atoms with Crippen LogP contribution in [0.3, 0.4) is 0 Å². The minimum atomic E-state index is -0.0565. The second-order valence-electron chi connectivity index (χ2n) is 8.78. The van der Waals surface area contributed by atoms with Gasteiger partial charge in [0.15, 0.2) is 0 Å². The summed E-state index contributed by atoms with van der Waals surface area (Å²) in [6, 6.07) is 12.5. The van der Waals surface area contributed by atoms with Crippen LogP contribution >= 0.6 is 0 Å². The summed E-state index contributed by atoms with van der Waals surface area (Å²) in [7, 11) is 0. The van der Waals surface area contributed by atoms with Gasteiger partial charge in [0.1, 0.15) is 5.75 Å². The lowest BCUT2D eigenvalue weighted by Gasteiger charge is -2.38. The first kappa shape index (κ1) is 20.6. The van der Waals surface area contributed by atoms with Gasteiger partial charge in [0, 0.05) is 43.1 Å². The zero-order valence-corrected chi connectivity index (χ0v) is 17.9. The molecule has 5 heteroatoms. The fourth-order valence-electron chi connectivity index (χ4n) is 4.50. The standard InChI is InChI=1S/C25H31N3O2/c1-18(2)16-28(17-19-9-12-26-13-10-19)21-3-5-22(6-4-21)30-23-7-8-24-20(15-23)11-14-27-25(24)29/h7-15,18,21-22H,3-6,16-17H2,1-2H3,(H,27,29)/t21-,22-. The summed E-state index contributed by atoms with van der Waals surface area (Å²) in [5.74, 6) is 1.49. The molecule has 0 bridgehead atoms. The number of hydrogen-bond donors (Lipinski definition) is 1. The molecular formula is C25H31N3O2. The summed E-state index contributed by atoms with van der Waals surface area (Å²) in [6.45, 7) is 6.67. The normalized spacial score (nSPS) is 19.5. The second kappa shape index (κ2) is 9.43. The van der Waals surface area contributed by atoms with Crippen molar-refractivity contribution in [3.63, 3.8) is 0 Å². The van der Waals surface area contributed by atoms with E-state index in [-0.39, 0.29) is 11.7 Å². The number of nitrogens with zero attached hydrogens (tertiary/aromatic N) is 2. The van der Waals surface area contributed by atoms with Crippen LogP contribution in [0.4, 0.5) is 0 Å². The maximum absolute atomic E-state index is 11.9. The molecule has 30 heavy (non-hydrogen) atoms. The summed E-state index contributed by atoms with van der Waals surface area (Å²) in [4.78, 5) is 21.4. The highest BCUT2D eigenvalue weighted by Gasteiger charge is 2.27. The monoisotopic (exact) mass is 405 g/mol. The molecule has 158 valence electrons. The van der Waals surface area contributed by atoms with Gasteiger partial charge in [-0.25, -0.2) is 0 Å². The molecule has 1 N–H and O–H groups in total. The number of rotatable bonds is 7. The van der Waals surface area contributed by atoms with Crippen molar-refractivity contribution in [3.05, 3.63) is 70.9 Å². The highest BCUT2D eigenvalue weighted by atomic mass is 16.5. The van der Waals surface area contributed by atoms with E-state index < -0.39 is 0 Å².